The number of nitrogens with one attached hydrogen (secondary N) is 1. The normalized spacial score (nSPS) is 20.8. The van der Waals surface area contributed by atoms with Crippen molar-refractivity contribution in [3.63, 3.8) is 0 Å². The second-order valence-electron chi connectivity index (χ2n) is 3.73. The molecular weight excluding hydrogens is 230 g/mol. The molecule has 1 aliphatic rings. The lowest BCUT2D eigenvalue weighted by molar-refractivity contribution is 0.673. The zero-order valence-electron chi connectivity index (χ0n) is 8.66. The summed E-state index contributed by atoms with van der Waals surface area (Å²) in [5.41, 5.74) is 0.931. The summed E-state index contributed by atoms with van der Waals surface area (Å²) in [6, 6.07) is 0.610. The summed E-state index contributed by atoms with van der Waals surface area (Å²) in [6.07, 6.45) is 4.31. The molecule has 1 aliphatic heterocycles. The van der Waals surface area contributed by atoms with Crippen molar-refractivity contribution in [2.24, 2.45) is 0 Å². The molecule has 2 rings (SSSR count). The van der Waals surface area contributed by atoms with E-state index in [1.807, 2.05) is 6.92 Å². The summed E-state index contributed by atoms with van der Waals surface area (Å²) >= 11 is 7.60. The van der Waals surface area contributed by atoms with Crippen molar-refractivity contribution in [3.8, 4) is 0 Å². The topological polar surface area (TPSA) is 37.8 Å². The van der Waals surface area contributed by atoms with Gasteiger partial charge in [0.2, 0.25) is 0 Å². The van der Waals surface area contributed by atoms with Crippen LogP contribution >= 0.6 is 23.4 Å². The van der Waals surface area contributed by atoms with Crippen molar-refractivity contribution in [2.45, 2.75) is 31.0 Å². The zero-order valence-corrected chi connectivity index (χ0v) is 10.2. The fourth-order valence-corrected chi connectivity index (χ4v) is 2.65. The van der Waals surface area contributed by atoms with Gasteiger partial charge in [-0.3, -0.25) is 0 Å². The van der Waals surface area contributed by atoms with Gasteiger partial charge in [-0.2, -0.15) is 0 Å². The fraction of sp³-hybridized carbons (Fsp3) is 0.600. The zero-order chi connectivity index (χ0) is 10.7. The minimum Gasteiger partial charge on any atom is -0.313 e. The van der Waals surface area contributed by atoms with Crippen molar-refractivity contribution in [1.29, 1.82) is 0 Å². The Morgan fingerprint density at radius 1 is 1.67 bits per heavy atom. The number of rotatable bonds is 3. The molecule has 1 aromatic heterocycles. The number of hydrogen-bond acceptors (Lipinski definition) is 4. The fourth-order valence-electron chi connectivity index (χ4n) is 1.55. The van der Waals surface area contributed by atoms with Crippen LogP contribution in [0.3, 0.4) is 0 Å². The van der Waals surface area contributed by atoms with Crippen LogP contribution in [0.4, 0.5) is 0 Å². The molecular formula is C10H14ClN3S. The highest BCUT2D eigenvalue weighted by molar-refractivity contribution is 7.99. The molecule has 3 nitrogen and oxygen atoms in total. The third-order valence-electron chi connectivity index (χ3n) is 2.46. The average Bonchev–Trinajstić information content (AvgIpc) is 2.73. The van der Waals surface area contributed by atoms with E-state index in [1.165, 1.54) is 12.8 Å². The number of halogens is 1. The van der Waals surface area contributed by atoms with E-state index >= 15 is 0 Å². The highest BCUT2D eigenvalue weighted by Gasteiger charge is 2.14. The molecule has 0 spiro atoms. The molecule has 2 heterocycles. The van der Waals surface area contributed by atoms with Gasteiger partial charge in [0.25, 0.3) is 0 Å². The smallest absolute Gasteiger partial charge is 0.189 e. The Bertz CT molecular complexity index is 339. The largest absolute Gasteiger partial charge is 0.313 e. The van der Waals surface area contributed by atoms with Crippen LogP contribution in [0.2, 0.25) is 5.15 Å². The molecule has 1 atom stereocenters. The van der Waals surface area contributed by atoms with Gasteiger partial charge in [-0.25, -0.2) is 9.97 Å². The summed E-state index contributed by atoms with van der Waals surface area (Å²) < 4.78 is 0. The van der Waals surface area contributed by atoms with E-state index < -0.39 is 0 Å². The maximum Gasteiger partial charge on any atom is 0.189 e. The second-order valence-corrected chi connectivity index (χ2v) is 5.08. The number of thioether (sulfide) groups is 1. The maximum absolute atomic E-state index is 5.93. The Hall–Kier alpha value is -0.320. The summed E-state index contributed by atoms with van der Waals surface area (Å²) in [5, 5.41) is 4.78. The number of aryl methyl sites for hydroxylation is 1. The van der Waals surface area contributed by atoms with E-state index in [-0.39, 0.29) is 0 Å². The van der Waals surface area contributed by atoms with Crippen molar-refractivity contribution >= 4 is 23.4 Å². The van der Waals surface area contributed by atoms with Gasteiger partial charge in [0.1, 0.15) is 5.15 Å². The first-order valence-electron chi connectivity index (χ1n) is 5.11. The molecule has 1 saturated heterocycles. The highest BCUT2D eigenvalue weighted by Crippen LogP contribution is 2.20. The quantitative estimate of drug-likeness (QED) is 0.502. The average molecular weight is 244 g/mol. The van der Waals surface area contributed by atoms with Gasteiger partial charge in [-0.05, 0) is 26.3 Å². The Labute approximate surface area is 99.0 Å². The van der Waals surface area contributed by atoms with Gasteiger partial charge in [0, 0.05) is 23.6 Å². The molecule has 1 N–H and O–H groups in total. The van der Waals surface area contributed by atoms with Crippen LogP contribution in [0.1, 0.15) is 18.4 Å². The molecule has 15 heavy (non-hydrogen) atoms. The first-order chi connectivity index (χ1) is 7.25. The van der Waals surface area contributed by atoms with E-state index in [4.69, 9.17) is 11.6 Å². The van der Waals surface area contributed by atoms with Crippen molar-refractivity contribution < 1.29 is 0 Å². The Balaban J connectivity index is 1.90. The molecule has 5 heteroatoms. The Kier molecular flexibility index (Phi) is 3.83. The van der Waals surface area contributed by atoms with Crippen LogP contribution in [-0.2, 0) is 0 Å². The molecule has 0 radical (unpaired) electrons. The van der Waals surface area contributed by atoms with Crippen LogP contribution in [0.25, 0.3) is 0 Å². The first-order valence-corrected chi connectivity index (χ1v) is 6.47. The van der Waals surface area contributed by atoms with E-state index in [1.54, 1.807) is 18.0 Å². The molecule has 1 aromatic rings. The molecule has 0 saturated carbocycles. The predicted octanol–water partition coefficient (Wildman–Crippen LogP) is 2.28. The predicted molar refractivity (Wildman–Crippen MR) is 63.5 cm³/mol. The van der Waals surface area contributed by atoms with Crippen LogP contribution in [-0.4, -0.2) is 28.3 Å². The lowest BCUT2D eigenvalue weighted by Gasteiger charge is -2.08. The lowest BCUT2D eigenvalue weighted by atomic mass is 10.3. The summed E-state index contributed by atoms with van der Waals surface area (Å²) in [7, 11) is 0. The lowest BCUT2D eigenvalue weighted by Crippen LogP contribution is -2.23. The SMILES string of the molecule is Cc1cnc(SCC2CCCN2)nc1Cl. The summed E-state index contributed by atoms with van der Waals surface area (Å²) in [4.78, 5) is 8.46. The van der Waals surface area contributed by atoms with E-state index in [9.17, 15) is 0 Å². The molecule has 0 amide bonds. The van der Waals surface area contributed by atoms with Gasteiger partial charge < -0.3 is 5.32 Å². The molecule has 0 aromatic carbocycles. The Morgan fingerprint density at radius 3 is 3.20 bits per heavy atom. The van der Waals surface area contributed by atoms with Crippen LogP contribution in [0, 0.1) is 6.92 Å². The van der Waals surface area contributed by atoms with Crippen molar-refractivity contribution in [3.05, 3.63) is 16.9 Å². The van der Waals surface area contributed by atoms with Gasteiger partial charge in [-0.1, -0.05) is 23.4 Å². The van der Waals surface area contributed by atoms with Crippen molar-refractivity contribution in [2.75, 3.05) is 12.3 Å². The van der Waals surface area contributed by atoms with Crippen LogP contribution in [0.15, 0.2) is 11.4 Å². The maximum atomic E-state index is 5.93. The summed E-state index contributed by atoms with van der Waals surface area (Å²) in [5.74, 6) is 1.03. The molecule has 0 bridgehead atoms. The minimum absolute atomic E-state index is 0.562. The van der Waals surface area contributed by atoms with E-state index in [0.29, 0.717) is 11.2 Å². The molecule has 1 unspecified atom stereocenters. The molecule has 0 aliphatic carbocycles. The van der Waals surface area contributed by atoms with Gasteiger partial charge in [0.15, 0.2) is 5.16 Å². The van der Waals surface area contributed by atoms with Crippen LogP contribution in [0.5, 0.6) is 0 Å². The third-order valence-corrected chi connectivity index (χ3v) is 3.87. The first kappa shape index (κ1) is 11.2. The second kappa shape index (κ2) is 5.14. The highest BCUT2D eigenvalue weighted by atomic mass is 35.5. The molecule has 82 valence electrons. The number of nitrogens with zero attached hydrogens (tertiary/aromatic N) is 2. The molecule has 1 fully saturated rings. The van der Waals surface area contributed by atoms with Crippen LogP contribution < -0.4 is 5.32 Å². The van der Waals surface area contributed by atoms with Gasteiger partial charge in [0.05, 0.1) is 0 Å². The Morgan fingerprint density at radius 2 is 2.53 bits per heavy atom. The third kappa shape index (κ3) is 3.06. The summed E-state index contributed by atoms with van der Waals surface area (Å²) in [6.45, 7) is 3.05. The monoisotopic (exact) mass is 243 g/mol. The number of hydrogen-bond donors (Lipinski definition) is 1. The minimum atomic E-state index is 0.562. The number of aromatic nitrogens is 2. The van der Waals surface area contributed by atoms with E-state index in [0.717, 1.165) is 23.0 Å². The van der Waals surface area contributed by atoms with Gasteiger partial charge >= 0.3 is 0 Å². The standard InChI is InChI=1S/C10H14ClN3S/c1-7-5-13-10(14-9(7)11)15-6-8-3-2-4-12-8/h5,8,12H,2-4,6H2,1H3. The van der Waals surface area contributed by atoms with Gasteiger partial charge in [-0.15, -0.1) is 0 Å². The van der Waals surface area contributed by atoms with Crippen molar-refractivity contribution in [1.82, 2.24) is 15.3 Å². The van der Waals surface area contributed by atoms with E-state index in [2.05, 4.69) is 15.3 Å².